The van der Waals surface area contributed by atoms with E-state index in [4.69, 9.17) is 0 Å². The second-order valence-corrected chi connectivity index (χ2v) is 0.744. The van der Waals surface area contributed by atoms with E-state index in [1.165, 1.54) is 0 Å². The predicted molar refractivity (Wildman–Crippen MR) is 22.1 cm³/mol. The van der Waals surface area contributed by atoms with Gasteiger partial charge in [0.2, 0.25) is 0 Å². The third-order valence-corrected chi connectivity index (χ3v) is 0.285. The highest BCUT2D eigenvalue weighted by molar-refractivity contribution is 4.62. The minimum absolute atomic E-state index is 0.653. The zero-order valence-electron chi connectivity index (χ0n) is 3.40. The first-order valence-corrected chi connectivity index (χ1v) is 1.51. The van der Waals surface area contributed by atoms with Crippen molar-refractivity contribution in [3.8, 4) is 0 Å². The van der Waals surface area contributed by atoms with Crippen molar-refractivity contribution < 1.29 is 4.74 Å². The molecule has 0 aliphatic rings. The fourth-order valence-corrected chi connectivity index (χ4v) is 0.118. The van der Waals surface area contributed by atoms with Gasteiger partial charge in [-0.15, -0.1) is 6.58 Å². The molecule has 0 heterocycles. The maximum atomic E-state index is 4.57. The summed E-state index contributed by atoms with van der Waals surface area (Å²) < 4.78 is 4.57. The van der Waals surface area contributed by atoms with Crippen molar-refractivity contribution in [1.29, 1.82) is 0 Å². The van der Waals surface area contributed by atoms with Crippen LogP contribution in [0.2, 0.25) is 0 Å². The first kappa shape index (κ1) is 4.70. The molecule has 0 aliphatic carbocycles. The fraction of sp³-hybridized carbons (Fsp3) is 0.500. The van der Waals surface area contributed by atoms with Gasteiger partial charge < -0.3 is 4.74 Å². The minimum atomic E-state index is 0.653. The molecule has 0 saturated heterocycles. The third-order valence-electron chi connectivity index (χ3n) is 0.285. The van der Waals surface area contributed by atoms with E-state index in [0.29, 0.717) is 6.61 Å². The smallest absolute Gasteiger partial charge is 0.0641 e. The molecular weight excluding hydrogens is 65.0 g/mol. The molecule has 5 heavy (non-hydrogen) atoms. The number of methoxy groups -OCH3 is 1. The van der Waals surface area contributed by atoms with Crippen molar-refractivity contribution in [2.75, 3.05) is 13.7 Å². The minimum Gasteiger partial charge on any atom is -0.381 e. The molecule has 0 unspecified atom stereocenters. The van der Waals surface area contributed by atoms with Crippen molar-refractivity contribution in [3.05, 3.63) is 12.7 Å². The van der Waals surface area contributed by atoms with Crippen LogP contribution in [-0.2, 0) is 4.74 Å². The van der Waals surface area contributed by atoms with Crippen LogP contribution in [0.1, 0.15) is 0 Å². The van der Waals surface area contributed by atoms with E-state index in [-0.39, 0.29) is 0 Å². The van der Waals surface area contributed by atoms with Crippen LogP contribution in [0.15, 0.2) is 12.7 Å². The van der Waals surface area contributed by atoms with Crippen molar-refractivity contribution in [2.24, 2.45) is 0 Å². The van der Waals surface area contributed by atoms with Crippen LogP contribution in [0.25, 0.3) is 0 Å². The Labute approximate surface area is 32.3 Å². The van der Waals surface area contributed by atoms with Crippen molar-refractivity contribution in [1.82, 2.24) is 0 Å². The summed E-state index contributed by atoms with van der Waals surface area (Å²) in [5.41, 5.74) is 0. The Kier molecular flexibility index (Phi) is 3.48. The Balaban J connectivity index is 2.40. The molecule has 1 nitrogen and oxygen atoms in total. The zero-order valence-corrected chi connectivity index (χ0v) is 3.40. The third kappa shape index (κ3) is 3.70. The molecule has 30 valence electrons. The van der Waals surface area contributed by atoms with Crippen LogP contribution in [-0.4, -0.2) is 13.7 Å². The quantitative estimate of drug-likeness (QED) is 0.347. The summed E-state index contributed by atoms with van der Waals surface area (Å²) >= 11 is 0. The van der Waals surface area contributed by atoms with Crippen molar-refractivity contribution >= 4 is 0 Å². The van der Waals surface area contributed by atoms with E-state index in [9.17, 15) is 0 Å². The number of hydrogen-bond acceptors (Lipinski definition) is 1. The van der Waals surface area contributed by atoms with Gasteiger partial charge in [-0.3, -0.25) is 0 Å². The lowest BCUT2D eigenvalue weighted by atomic mass is 10.7. The summed E-state index contributed by atoms with van der Waals surface area (Å²) in [5, 5.41) is 0. The molecule has 0 saturated carbocycles. The van der Waals surface area contributed by atoms with Gasteiger partial charge >= 0.3 is 0 Å². The van der Waals surface area contributed by atoms with Gasteiger partial charge in [0.05, 0.1) is 6.61 Å². The highest BCUT2D eigenvalue weighted by atomic mass is 16.5. The maximum Gasteiger partial charge on any atom is 0.0641 e. The molecule has 0 bridgehead atoms. The Morgan fingerprint density at radius 3 is 2.60 bits per heavy atom. The summed E-state index contributed by atoms with van der Waals surface area (Å²) in [4.78, 5) is 0. The summed E-state index contributed by atoms with van der Waals surface area (Å²) in [6.45, 7) is 4.08. The molecule has 1 heteroatoms. The first-order chi connectivity index (χ1) is 2.41. The van der Waals surface area contributed by atoms with Gasteiger partial charge in [-0.25, -0.2) is 0 Å². The Morgan fingerprint density at radius 1 is 2.00 bits per heavy atom. The van der Waals surface area contributed by atoms with Crippen LogP contribution < -0.4 is 0 Å². The normalized spacial score (nSPS) is 7.40. The molecule has 0 fully saturated rings. The summed E-state index contributed by atoms with van der Waals surface area (Å²) in [6.07, 6.45) is 1.71. The number of rotatable bonds is 2. The van der Waals surface area contributed by atoms with Gasteiger partial charge in [0.1, 0.15) is 0 Å². The van der Waals surface area contributed by atoms with E-state index < -0.39 is 0 Å². The molecular formula is C4H8O. The lowest BCUT2D eigenvalue weighted by Crippen LogP contribution is -1.76. The van der Waals surface area contributed by atoms with Gasteiger partial charge in [0.15, 0.2) is 0 Å². The predicted octanol–water partition coefficient (Wildman–Crippen LogP) is 0.819. The standard InChI is InChI=1S/C4H8O/c1-3-4-5-2/h3H,1,4H2,2H3/i2+1. The first-order valence-electron chi connectivity index (χ1n) is 1.51. The van der Waals surface area contributed by atoms with Crippen LogP contribution >= 0.6 is 0 Å². The van der Waals surface area contributed by atoms with Gasteiger partial charge in [-0.2, -0.15) is 0 Å². The van der Waals surface area contributed by atoms with E-state index in [2.05, 4.69) is 11.3 Å². The van der Waals surface area contributed by atoms with Gasteiger partial charge in [-0.05, 0) is 0 Å². The second kappa shape index (κ2) is 3.70. The number of hydrogen-bond donors (Lipinski definition) is 0. The van der Waals surface area contributed by atoms with Gasteiger partial charge in [0, 0.05) is 7.11 Å². The average molecular weight is 73.1 g/mol. The summed E-state index contributed by atoms with van der Waals surface area (Å²) in [5.74, 6) is 0. The van der Waals surface area contributed by atoms with Crippen LogP contribution in [0.3, 0.4) is 0 Å². The van der Waals surface area contributed by atoms with E-state index >= 15 is 0 Å². The lowest BCUT2D eigenvalue weighted by molar-refractivity contribution is 0.234. The van der Waals surface area contributed by atoms with Crippen molar-refractivity contribution in [2.45, 2.75) is 0 Å². The molecule has 0 atom stereocenters. The van der Waals surface area contributed by atoms with Crippen LogP contribution in [0.4, 0.5) is 0 Å². The largest absolute Gasteiger partial charge is 0.381 e. The highest BCUT2D eigenvalue weighted by Gasteiger charge is 1.58. The van der Waals surface area contributed by atoms with Gasteiger partial charge in [0.25, 0.3) is 0 Å². The molecule has 0 amide bonds. The van der Waals surface area contributed by atoms with Crippen LogP contribution in [0.5, 0.6) is 0 Å². The molecule has 0 aromatic carbocycles. The molecule has 0 spiro atoms. The average Bonchev–Trinajstić information content (AvgIpc) is 1.41. The fourth-order valence-electron chi connectivity index (χ4n) is 0.118. The topological polar surface area (TPSA) is 9.23 Å². The van der Waals surface area contributed by atoms with E-state index in [0.717, 1.165) is 0 Å². The SMILES string of the molecule is C=CCO[13CH3]. The summed E-state index contributed by atoms with van der Waals surface area (Å²) in [7, 11) is 1.64. The van der Waals surface area contributed by atoms with Crippen molar-refractivity contribution in [3.63, 3.8) is 0 Å². The monoisotopic (exact) mass is 73.1 g/mol. The Hall–Kier alpha value is -0.300. The molecule has 0 rings (SSSR count). The lowest BCUT2D eigenvalue weighted by Gasteiger charge is -1.79. The summed E-state index contributed by atoms with van der Waals surface area (Å²) in [6, 6.07) is 0. The molecule has 0 aromatic rings. The van der Waals surface area contributed by atoms with Gasteiger partial charge in [-0.1, -0.05) is 6.08 Å². The zero-order chi connectivity index (χ0) is 4.12. The Morgan fingerprint density at radius 2 is 2.60 bits per heavy atom. The van der Waals surface area contributed by atoms with E-state index in [1.807, 2.05) is 0 Å². The molecule has 0 aromatic heterocycles. The maximum absolute atomic E-state index is 4.57. The Bertz CT molecular complexity index is 24.8. The molecule has 0 radical (unpaired) electrons. The van der Waals surface area contributed by atoms with E-state index in [1.54, 1.807) is 13.2 Å². The second-order valence-electron chi connectivity index (χ2n) is 0.744. The number of ether oxygens (including phenoxy) is 1. The van der Waals surface area contributed by atoms with Crippen LogP contribution in [0, 0.1) is 0 Å². The molecule has 0 N–H and O–H groups in total. The highest BCUT2D eigenvalue weighted by Crippen LogP contribution is 1.60. The molecule has 0 aliphatic heterocycles.